The maximum absolute atomic E-state index is 9.52. The molecular formula is C2H7N7O. The molecule has 0 aliphatic carbocycles. The van der Waals surface area contributed by atoms with E-state index in [0.29, 0.717) is 0 Å². The Bertz CT molecular complexity index is 166. The quantitative estimate of drug-likeness (QED) is 0.150. The van der Waals surface area contributed by atoms with Crippen LogP contribution < -0.4 is 22.7 Å². The number of nitrogens with zero attached hydrogens (tertiary/aromatic N) is 3. The topological polar surface area (TPSA) is 144 Å². The van der Waals surface area contributed by atoms with Gasteiger partial charge < -0.3 is 17.2 Å². The summed E-state index contributed by atoms with van der Waals surface area (Å²) >= 11 is 0. The van der Waals surface area contributed by atoms with E-state index in [2.05, 4.69) is 15.4 Å². The van der Waals surface area contributed by atoms with Gasteiger partial charge in [0.25, 0.3) is 5.96 Å². The first kappa shape index (κ1) is 8.14. The fourth-order valence-corrected chi connectivity index (χ4v) is 0.154. The van der Waals surface area contributed by atoms with Crippen LogP contribution in [0.15, 0.2) is 15.4 Å². The molecule has 0 spiro atoms. The summed E-state index contributed by atoms with van der Waals surface area (Å²) in [6.45, 7) is 0. The number of hydrogen-bond donors (Lipinski definition) is 4. The van der Waals surface area contributed by atoms with Crippen molar-refractivity contribution in [3.05, 3.63) is 4.91 Å². The van der Waals surface area contributed by atoms with Gasteiger partial charge in [0.1, 0.15) is 0 Å². The monoisotopic (exact) mass is 145 g/mol. The van der Waals surface area contributed by atoms with Crippen LogP contribution in [0.5, 0.6) is 0 Å². The van der Waals surface area contributed by atoms with Crippen molar-refractivity contribution in [3.8, 4) is 0 Å². The first-order valence-electron chi connectivity index (χ1n) is 2.17. The summed E-state index contributed by atoms with van der Waals surface area (Å²) < 4.78 is 0. The van der Waals surface area contributed by atoms with Gasteiger partial charge in [-0.1, -0.05) is 0 Å². The largest absolute Gasteiger partial charge is 0.369 e. The SMILES string of the molecule is NC(N)=NN/N=C(\N)N=O. The molecule has 0 atom stereocenters. The zero-order chi connectivity index (χ0) is 7.98. The van der Waals surface area contributed by atoms with Gasteiger partial charge in [0, 0.05) is 5.18 Å². The van der Waals surface area contributed by atoms with Gasteiger partial charge in [-0.05, 0) is 0 Å². The molecule has 8 nitrogen and oxygen atoms in total. The van der Waals surface area contributed by atoms with Gasteiger partial charge in [-0.15, -0.1) is 15.1 Å². The highest BCUT2D eigenvalue weighted by Crippen LogP contribution is 1.65. The molecule has 0 aliphatic heterocycles. The third-order valence-electron chi connectivity index (χ3n) is 0.437. The Morgan fingerprint density at radius 3 is 2.20 bits per heavy atom. The second-order valence-electron chi connectivity index (χ2n) is 1.20. The summed E-state index contributed by atoms with van der Waals surface area (Å²) in [4.78, 5) is 9.52. The van der Waals surface area contributed by atoms with Crippen molar-refractivity contribution in [2.75, 3.05) is 0 Å². The minimum absolute atomic E-state index is 0.220. The smallest absolute Gasteiger partial charge is 0.280 e. The molecule has 0 rings (SSSR count). The molecule has 56 valence electrons. The van der Waals surface area contributed by atoms with Crippen molar-refractivity contribution in [2.45, 2.75) is 0 Å². The Labute approximate surface area is 56.1 Å². The molecule has 0 aromatic rings. The van der Waals surface area contributed by atoms with E-state index < -0.39 is 5.96 Å². The Kier molecular flexibility index (Phi) is 3.31. The molecule has 0 bridgehead atoms. The Morgan fingerprint density at radius 2 is 1.80 bits per heavy atom. The first-order chi connectivity index (χ1) is 4.66. The van der Waals surface area contributed by atoms with Gasteiger partial charge in [0.05, 0.1) is 0 Å². The van der Waals surface area contributed by atoms with Crippen LogP contribution in [0.4, 0.5) is 0 Å². The third kappa shape index (κ3) is 4.30. The number of hydrogen-bond acceptors (Lipinski definition) is 4. The fourth-order valence-electron chi connectivity index (χ4n) is 0.154. The van der Waals surface area contributed by atoms with E-state index in [-0.39, 0.29) is 5.96 Å². The summed E-state index contributed by atoms with van der Waals surface area (Å²) in [7, 11) is 0. The molecule has 8 heteroatoms. The second-order valence-corrected chi connectivity index (χ2v) is 1.20. The van der Waals surface area contributed by atoms with Crippen molar-refractivity contribution >= 4 is 11.9 Å². The Morgan fingerprint density at radius 1 is 1.20 bits per heavy atom. The number of nitrogens with one attached hydrogen (secondary N) is 1. The number of nitroso groups, excluding NO2 is 1. The molecule has 0 aliphatic rings. The molecule has 0 saturated heterocycles. The van der Waals surface area contributed by atoms with E-state index >= 15 is 0 Å². The normalized spacial score (nSPS) is 10.2. The molecule has 0 unspecified atom stereocenters. The van der Waals surface area contributed by atoms with Crippen LogP contribution in [0.1, 0.15) is 0 Å². The predicted octanol–water partition coefficient (Wildman–Crippen LogP) is -2.24. The summed E-state index contributed by atoms with van der Waals surface area (Å²) in [5.41, 5.74) is 16.5. The molecule has 0 heterocycles. The molecule has 10 heavy (non-hydrogen) atoms. The molecule has 0 aromatic carbocycles. The molecule has 0 saturated carbocycles. The molecule has 7 N–H and O–H groups in total. The van der Waals surface area contributed by atoms with Crippen molar-refractivity contribution < 1.29 is 0 Å². The van der Waals surface area contributed by atoms with Crippen molar-refractivity contribution in [2.24, 2.45) is 32.6 Å². The van der Waals surface area contributed by atoms with E-state index in [1.54, 1.807) is 0 Å². The van der Waals surface area contributed by atoms with Gasteiger partial charge in [-0.3, -0.25) is 0 Å². The maximum atomic E-state index is 9.52. The summed E-state index contributed by atoms with van der Waals surface area (Å²) in [6, 6.07) is 0. The lowest BCUT2D eigenvalue weighted by molar-refractivity contribution is 0.798. The van der Waals surface area contributed by atoms with E-state index in [9.17, 15) is 4.91 Å². The van der Waals surface area contributed by atoms with Gasteiger partial charge >= 0.3 is 0 Å². The average molecular weight is 145 g/mol. The maximum Gasteiger partial charge on any atom is 0.280 e. The molecule has 0 radical (unpaired) electrons. The molecule has 0 aromatic heterocycles. The lowest BCUT2D eigenvalue weighted by Crippen LogP contribution is -2.25. The van der Waals surface area contributed by atoms with Crippen LogP contribution in [0.3, 0.4) is 0 Å². The van der Waals surface area contributed by atoms with Crippen LogP contribution in [-0.4, -0.2) is 11.9 Å². The van der Waals surface area contributed by atoms with E-state index in [0.717, 1.165) is 0 Å². The van der Waals surface area contributed by atoms with Gasteiger partial charge in [-0.25, -0.2) is 0 Å². The van der Waals surface area contributed by atoms with E-state index in [4.69, 9.17) is 17.2 Å². The summed E-state index contributed by atoms with van der Waals surface area (Å²) in [6.07, 6.45) is 0. The first-order valence-corrected chi connectivity index (χ1v) is 2.17. The zero-order valence-electron chi connectivity index (χ0n) is 4.98. The van der Waals surface area contributed by atoms with E-state index in [1.807, 2.05) is 5.53 Å². The average Bonchev–Trinajstić information content (AvgIpc) is 1.87. The van der Waals surface area contributed by atoms with Crippen LogP contribution in [-0.2, 0) is 0 Å². The summed E-state index contributed by atoms with van der Waals surface area (Å²) in [5, 5.41) is 8.52. The van der Waals surface area contributed by atoms with Crippen LogP contribution in [0.25, 0.3) is 0 Å². The van der Waals surface area contributed by atoms with Crippen LogP contribution >= 0.6 is 0 Å². The standard InChI is InChI=1S/C2H7N7O/c3-1(4)6-9-7-2(5)8-10/h9H,(H2,5,7)(H4,3,4,6). The number of rotatable bonds is 2. The Balaban J connectivity index is 3.74. The van der Waals surface area contributed by atoms with Gasteiger partial charge in [0.2, 0.25) is 5.96 Å². The second kappa shape index (κ2) is 4.06. The minimum Gasteiger partial charge on any atom is -0.369 e. The third-order valence-corrected chi connectivity index (χ3v) is 0.437. The summed E-state index contributed by atoms with van der Waals surface area (Å²) in [5.74, 6) is -0.701. The van der Waals surface area contributed by atoms with Crippen molar-refractivity contribution in [1.29, 1.82) is 0 Å². The van der Waals surface area contributed by atoms with Gasteiger partial charge in [0.15, 0.2) is 0 Å². The zero-order valence-corrected chi connectivity index (χ0v) is 4.98. The van der Waals surface area contributed by atoms with E-state index in [1.165, 1.54) is 0 Å². The highest BCUT2D eigenvalue weighted by atomic mass is 16.3. The Hall–Kier alpha value is -1.86. The fraction of sp³-hybridized carbons (Fsp3) is 0. The van der Waals surface area contributed by atoms with Crippen molar-refractivity contribution in [3.63, 3.8) is 0 Å². The van der Waals surface area contributed by atoms with Crippen LogP contribution in [0.2, 0.25) is 0 Å². The van der Waals surface area contributed by atoms with Crippen LogP contribution in [0, 0.1) is 4.91 Å². The number of guanidine groups is 2. The molecular weight excluding hydrogens is 138 g/mol. The number of hydrazone groups is 2. The molecule has 0 fully saturated rings. The molecule has 0 amide bonds. The highest BCUT2D eigenvalue weighted by molar-refractivity contribution is 5.78. The van der Waals surface area contributed by atoms with Crippen molar-refractivity contribution in [1.82, 2.24) is 5.53 Å². The lowest BCUT2D eigenvalue weighted by Gasteiger charge is -1.89. The highest BCUT2D eigenvalue weighted by Gasteiger charge is 1.83. The minimum atomic E-state index is -0.481. The lowest BCUT2D eigenvalue weighted by atomic mass is 11.1. The van der Waals surface area contributed by atoms with Gasteiger partial charge in [-0.2, -0.15) is 5.53 Å². The predicted molar refractivity (Wildman–Crippen MR) is 36.4 cm³/mol. The number of nitrogens with two attached hydrogens (primary N) is 3.